The quantitative estimate of drug-likeness (QED) is 0.547. The third kappa shape index (κ3) is 2.29. The van der Waals surface area contributed by atoms with Gasteiger partial charge in [0, 0.05) is 36.0 Å². The number of aryl methyl sites for hydroxylation is 1. The first kappa shape index (κ1) is 15.1. The Labute approximate surface area is 150 Å². The molecule has 5 rings (SSSR count). The van der Waals surface area contributed by atoms with Gasteiger partial charge in [0.25, 0.3) is 5.91 Å². The summed E-state index contributed by atoms with van der Waals surface area (Å²) in [6.45, 7) is 3.32. The molecule has 4 heterocycles. The highest BCUT2D eigenvalue weighted by Crippen LogP contribution is 2.34. The monoisotopic (exact) mass is 345 g/mol. The van der Waals surface area contributed by atoms with Crippen molar-refractivity contribution in [2.45, 2.75) is 19.3 Å². The molecule has 2 aromatic heterocycles. The van der Waals surface area contributed by atoms with Crippen molar-refractivity contribution in [1.29, 1.82) is 0 Å². The number of allylic oxidation sites excluding steroid dienone is 1. The fourth-order valence-electron chi connectivity index (χ4n) is 3.79. The van der Waals surface area contributed by atoms with Gasteiger partial charge in [0.05, 0.1) is 16.8 Å². The third-order valence-corrected chi connectivity index (χ3v) is 5.14. The zero-order chi connectivity index (χ0) is 17.7. The zero-order valence-electron chi connectivity index (χ0n) is 14.5. The number of fused-ring (bicyclic) bond motifs is 3. The number of rotatable bonds is 0. The molecular weight excluding hydrogens is 326 g/mol. The van der Waals surface area contributed by atoms with Gasteiger partial charge in [0.2, 0.25) is 0 Å². The van der Waals surface area contributed by atoms with E-state index in [1.165, 1.54) is 0 Å². The standard InChI is InChI=1S/C20H19N5O/c1-11-19-21-8-3-2-5-12-10-22-20(26)14-9-16(24-17(12)14)13-6-4-7-15(23-11)18(13)25-19/h2-4,6-7,9,12,24H,5,8,10H2,1H3,(H,21,25)(H,22,26)/b3-2+/t12-/m0/s1. The van der Waals surface area contributed by atoms with Crippen molar-refractivity contribution in [3.63, 3.8) is 0 Å². The van der Waals surface area contributed by atoms with Crippen LogP contribution in [0.25, 0.3) is 22.3 Å². The van der Waals surface area contributed by atoms with Crippen LogP contribution in [-0.4, -0.2) is 33.9 Å². The fraction of sp³-hybridized carbons (Fsp3) is 0.250. The highest BCUT2D eigenvalue weighted by atomic mass is 16.1. The Morgan fingerprint density at radius 2 is 2.04 bits per heavy atom. The van der Waals surface area contributed by atoms with Crippen LogP contribution in [0.15, 0.2) is 36.4 Å². The number of benzene rings is 1. The normalized spacial score (nSPS) is 19.9. The van der Waals surface area contributed by atoms with Crippen molar-refractivity contribution in [2.75, 3.05) is 18.4 Å². The number of nitrogens with one attached hydrogen (secondary N) is 3. The second-order valence-corrected chi connectivity index (χ2v) is 6.84. The van der Waals surface area contributed by atoms with Crippen LogP contribution in [0.3, 0.4) is 0 Å². The van der Waals surface area contributed by atoms with E-state index in [0.717, 1.165) is 51.5 Å². The lowest BCUT2D eigenvalue weighted by molar-refractivity contribution is 0.0940. The summed E-state index contributed by atoms with van der Waals surface area (Å²) in [6, 6.07) is 7.92. The zero-order valence-corrected chi connectivity index (χ0v) is 14.5. The summed E-state index contributed by atoms with van der Waals surface area (Å²) < 4.78 is 0. The molecule has 0 saturated heterocycles. The minimum atomic E-state index is -0.0145. The molecule has 6 nitrogen and oxygen atoms in total. The summed E-state index contributed by atoms with van der Waals surface area (Å²) >= 11 is 0. The van der Waals surface area contributed by atoms with Gasteiger partial charge in [-0.2, -0.15) is 0 Å². The molecule has 3 aromatic rings. The molecule has 26 heavy (non-hydrogen) atoms. The minimum Gasteiger partial charge on any atom is -0.365 e. The molecular formula is C20H19N5O. The maximum atomic E-state index is 12.3. The van der Waals surface area contributed by atoms with Crippen LogP contribution < -0.4 is 10.6 Å². The van der Waals surface area contributed by atoms with Gasteiger partial charge in [-0.1, -0.05) is 24.3 Å². The van der Waals surface area contributed by atoms with E-state index in [9.17, 15) is 4.79 Å². The van der Waals surface area contributed by atoms with Crippen LogP contribution in [0.2, 0.25) is 0 Å². The molecule has 0 radical (unpaired) electrons. The van der Waals surface area contributed by atoms with Crippen molar-refractivity contribution in [1.82, 2.24) is 20.3 Å². The summed E-state index contributed by atoms with van der Waals surface area (Å²) in [5.74, 6) is 1.03. The number of H-pyrrole nitrogens is 1. The second kappa shape index (κ2) is 5.69. The van der Waals surface area contributed by atoms with Gasteiger partial charge >= 0.3 is 0 Å². The molecule has 1 aromatic carbocycles. The Kier molecular flexibility index (Phi) is 3.31. The summed E-state index contributed by atoms with van der Waals surface area (Å²) in [7, 11) is 0. The largest absolute Gasteiger partial charge is 0.365 e. The Morgan fingerprint density at radius 1 is 1.12 bits per heavy atom. The van der Waals surface area contributed by atoms with Crippen LogP contribution in [0.4, 0.5) is 5.82 Å². The average molecular weight is 345 g/mol. The van der Waals surface area contributed by atoms with Crippen molar-refractivity contribution in [3.05, 3.63) is 53.4 Å². The van der Waals surface area contributed by atoms with Crippen molar-refractivity contribution in [2.24, 2.45) is 0 Å². The maximum Gasteiger partial charge on any atom is 0.253 e. The van der Waals surface area contributed by atoms with Gasteiger partial charge in [0.1, 0.15) is 11.3 Å². The summed E-state index contributed by atoms with van der Waals surface area (Å²) in [6.07, 6.45) is 5.14. The lowest BCUT2D eigenvalue weighted by atomic mass is 9.94. The molecule has 0 fully saturated rings. The highest BCUT2D eigenvalue weighted by Gasteiger charge is 2.28. The number of hydrogen-bond acceptors (Lipinski definition) is 4. The average Bonchev–Trinajstić information content (AvgIpc) is 3.09. The summed E-state index contributed by atoms with van der Waals surface area (Å²) in [5, 5.41) is 6.36. The summed E-state index contributed by atoms with van der Waals surface area (Å²) in [4.78, 5) is 25.4. The molecule has 0 spiro atoms. The molecule has 0 aliphatic carbocycles. The Balaban J connectivity index is 1.79. The first-order valence-electron chi connectivity index (χ1n) is 8.88. The van der Waals surface area contributed by atoms with E-state index >= 15 is 0 Å². The number of para-hydroxylation sites is 1. The Morgan fingerprint density at radius 3 is 2.96 bits per heavy atom. The number of aromatic nitrogens is 3. The van der Waals surface area contributed by atoms with Gasteiger partial charge in [-0.25, -0.2) is 9.97 Å². The second-order valence-electron chi connectivity index (χ2n) is 6.84. The van der Waals surface area contributed by atoms with Crippen LogP contribution in [0.5, 0.6) is 0 Å². The number of anilines is 1. The number of aromatic amines is 1. The fourth-order valence-corrected chi connectivity index (χ4v) is 3.79. The van der Waals surface area contributed by atoms with Crippen LogP contribution >= 0.6 is 0 Å². The molecule has 1 atom stereocenters. The maximum absolute atomic E-state index is 12.3. The Hall–Kier alpha value is -3.15. The van der Waals surface area contributed by atoms with Crippen LogP contribution in [-0.2, 0) is 0 Å². The number of hydrogen-bond donors (Lipinski definition) is 3. The predicted molar refractivity (Wildman–Crippen MR) is 101 cm³/mol. The van der Waals surface area contributed by atoms with E-state index in [1.54, 1.807) is 0 Å². The molecule has 2 aliphatic heterocycles. The molecule has 2 aliphatic rings. The Bertz CT molecular complexity index is 1070. The first-order valence-corrected chi connectivity index (χ1v) is 8.88. The van der Waals surface area contributed by atoms with E-state index in [2.05, 4.69) is 27.8 Å². The third-order valence-electron chi connectivity index (χ3n) is 5.14. The van der Waals surface area contributed by atoms with Gasteiger partial charge in [-0.05, 0) is 25.5 Å². The van der Waals surface area contributed by atoms with Gasteiger partial charge < -0.3 is 15.6 Å². The van der Waals surface area contributed by atoms with E-state index in [4.69, 9.17) is 9.97 Å². The van der Waals surface area contributed by atoms with E-state index in [1.807, 2.05) is 31.2 Å². The van der Waals surface area contributed by atoms with E-state index in [-0.39, 0.29) is 11.8 Å². The van der Waals surface area contributed by atoms with Gasteiger partial charge in [-0.15, -0.1) is 0 Å². The molecule has 1 amide bonds. The highest BCUT2D eigenvalue weighted by molar-refractivity contribution is 6.00. The number of nitrogens with zero attached hydrogens (tertiary/aromatic N) is 2. The topological polar surface area (TPSA) is 82.7 Å². The number of carbonyl (C=O) groups excluding carboxylic acids is 1. The minimum absolute atomic E-state index is 0.0145. The number of carbonyl (C=O) groups is 1. The molecule has 130 valence electrons. The van der Waals surface area contributed by atoms with Crippen molar-refractivity contribution < 1.29 is 4.79 Å². The molecule has 3 N–H and O–H groups in total. The predicted octanol–water partition coefficient (Wildman–Crippen LogP) is 3.13. The first-order chi connectivity index (χ1) is 12.7. The lowest BCUT2D eigenvalue weighted by Gasteiger charge is -2.21. The molecule has 6 heteroatoms. The van der Waals surface area contributed by atoms with Crippen molar-refractivity contribution >= 4 is 22.8 Å². The molecule has 4 bridgehead atoms. The van der Waals surface area contributed by atoms with E-state index in [0.29, 0.717) is 13.1 Å². The van der Waals surface area contributed by atoms with Crippen LogP contribution in [0, 0.1) is 6.92 Å². The smallest absolute Gasteiger partial charge is 0.253 e. The lowest BCUT2D eigenvalue weighted by Crippen LogP contribution is -2.34. The SMILES string of the molecule is Cc1nc2cccc3c2nc1NC/C=C/C[C@H]1CNC(=O)c2cc-3[nH]c21. The van der Waals surface area contributed by atoms with Crippen molar-refractivity contribution in [3.8, 4) is 11.3 Å². The van der Waals surface area contributed by atoms with Crippen LogP contribution in [0.1, 0.15) is 34.1 Å². The summed E-state index contributed by atoms with van der Waals surface area (Å²) in [5.41, 5.74) is 6.18. The van der Waals surface area contributed by atoms with Gasteiger partial charge in [-0.3, -0.25) is 4.79 Å². The molecule has 0 saturated carbocycles. The van der Waals surface area contributed by atoms with E-state index < -0.39 is 0 Å². The number of amides is 1. The molecule has 0 unspecified atom stereocenters. The van der Waals surface area contributed by atoms with Gasteiger partial charge in [0.15, 0.2) is 0 Å².